The van der Waals surface area contributed by atoms with E-state index in [-0.39, 0.29) is 5.97 Å². The van der Waals surface area contributed by atoms with Gasteiger partial charge in [0.1, 0.15) is 0 Å². The van der Waals surface area contributed by atoms with E-state index in [9.17, 15) is 4.79 Å². The standard InChI is InChI=1S/C17H34O2/c1-4-5-6-7-8-9-10-11-14-17(18)19-15-12-13-16(2)3/h16H,4-15H2,1-3H3. The Hall–Kier alpha value is -0.530. The molecule has 0 aromatic carbocycles. The van der Waals surface area contributed by atoms with Crippen LogP contribution in [0.1, 0.15) is 91.4 Å². The Morgan fingerprint density at radius 3 is 2.05 bits per heavy atom. The van der Waals surface area contributed by atoms with Crippen LogP contribution in [0.5, 0.6) is 0 Å². The molecule has 0 aromatic rings. The zero-order valence-corrected chi connectivity index (χ0v) is 13.4. The van der Waals surface area contributed by atoms with Crippen LogP contribution < -0.4 is 0 Å². The summed E-state index contributed by atoms with van der Waals surface area (Å²) in [5.74, 6) is 0.696. The molecule has 0 saturated heterocycles. The van der Waals surface area contributed by atoms with E-state index >= 15 is 0 Å². The summed E-state index contributed by atoms with van der Waals surface area (Å²) in [6.07, 6.45) is 12.9. The Morgan fingerprint density at radius 1 is 0.895 bits per heavy atom. The van der Waals surface area contributed by atoms with Crippen molar-refractivity contribution in [3.05, 3.63) is 0 Å². The van der Waals surface area contributed by atoms with Gasteiger partial charge in [-0.2, -0.15) is 0 Å². The first-order valence-corrected chi connectivity index (χ1v) is 8.32. The lowest BCUT2D eigenvalue weighted by Crippen LogP contribution is -2.06. The lowest BCUT2D eigenvalue weighted by Gasteiger charge is -2.06. The Morgan fingerprint density at radius 2 is 1.47 bits per heavy atom. The smallest absolute Gasteiger partial charge is 0.305 e. The number of unbranched alkanes of at least 4 members (excludes halogenated alkanes) is 7. The molecule has 0 aliphatic carbocycles. The number of ether oxygens (including phenoxy) is 1. The molecule has 0 unspecified atom stereocenters. The molecule has 0 heterocycles. The van der Waals surface area contributed by atoms with Crippen molar-refractivity contribution in [3.8, 4) is 0 Å². The molecule has 0 aliphatic rings. The van der Waals surface area contributed by atoms with Gasteiger partial charge in [0.25, 0.3) is 0 Å². The fourth-order valence-electron chi connectivity index (χ4n) is 2.15. The first-order chi connectivity index (χ1) is 9.16. The van der Waals surface area contributed by atoms with Crippen LogP contribution in [0.15, 0.2) is 0 Å². The quantitative estimate of drug-likeness (QED) is 0.326. The van der Waals surface area contributed by atoms with Gasteiger partial charge < -0.3 is 4.74 Å². The van der Waals surface area contributed by atoms with Gasteiger partial charge >= 0.3 is 5.97 Å². The summed E-state index contributed by atoms with van der Waals surface area (Å²) in [5, 5.41) is 0. The molecule has 114 valence electrons. The van der Waals surface area contributed by atoms with Gasteiger partial charge in [-0.15, -0.1) is 0 Å². The molecule has 0 atom stereocenters. The molecule has 0 amide bonds. The average Bonchev–Trinajstić information content (AvgIpc) is 2.37. The predicted molar refractivity (Wildman–Crippen MR) is 82.3 cm³/mol. The fourth-order valence-corrected chi connectivity index (χ4v) is 2.15. The monoisotopic (exact) mass is 270 g/mol. The maximum atomic E-state index is 11.4. The van der Waals surface area contributed by atoms with Crippen molar-refractivity contribution >= 4 is 5.97 Å². The molecule has 0 bridgehead atoms. The number of rotatable bonds is 13. The zero-order chi connectivity index (χ0) is 14.3. The lowest BCUT2D eigenvalue weighted by atomic mass is 10.1. The van der Waals surface area contributed by atoms with Gasteiger partial charge in [-0.1, -0.05) is 65.7 Å². The highest BCUT2D eigenvalue weighted by atomic mass is 16.5. The number of esters is 1. The molecule has 2 nitrogen and oxygen atoms in total. The minimum Gasteiger partial charge on any atom is -0.466 e. The minimum absolute atomic E-state index is 0.00487. The van der Waals surface area contributed by atoms with Gasteiger partial charge in [-0.25, -0.2) is 0 Å². The Bertz CT molecular complexity index is 199. The molecule has 0 aromatic heterocycles. The predicted octanol–water partition coefficient (Wildman–Crippen LogP) is 5.50. The van der Waals surface area contributed by atoms with E-state index in [1.807, 2.05) is 0 Å². The average molecular weight is 270 g/mol. The van der Waals surface area contributed by atoms with Crippen molar-refractivity contribution in [2.24, 2.45) is 5.92 Å². The Balaban J connectivity index is 3.16. The summed E-state index contributed by atoms with van der Waals surface area (Å²) >= 11 is 0. The SMILES string of the molecule is CCCCCCCCCCC(=O)OCCCC(C)C. The van der Waals surface area contributed by atoms with E-state index in [4.69, 9.17) is 4.74 Å². The van der Waals surface area contributed by atoms with Crippen molar-refractivity contribution in [3.63, 3.8) is 0 Å². The maximum Gasteiger partial charge on any atom is 0.305 e. The Labute approximate surface area is 120 Å². The topological polar surface area (TPSA) is 26.3 Å². The third-order valence-electron chi connectivity index (χ3n) is 3.42. The normalized spacial score (nSPS) is 10.9. The first-order valence-electron chi connectivity index (χ1n) is 8.32. The van der Waals surface area contributed by atoms with Crippen molar-refractivity contribution in [2.75, 3.05) is 6.61 Å². The molecule has 0 aliphatic heterocycles. The van der Waals surface area contributed by atoms with Gasteiger partial charge in [0.15, 0.2) is 0 Å². The number of hydrogen-bond donors (Lipinski definition) is 0. The maximum absolute atomic E-state index is 11.4. The molecular weight excluding hydrogens is 236 g/mol. The van der Waals surface area contributed by atoms with Gasteiger partial charge in [0, 0.05) is 6.42 Å². The van der Waals surface area contributed by atoms with Gasteiger partial charge in [-0.05, 0) is 25.2 Å². The third kappa shape index (κ3) is 15.4. The largest absolute Gasteiger partial charge is 0.466 e. The van der Waals surface area contributed by atoms with Crippen molar-refractivity contribution < 1.29 is 9.53 Å². The Kier molecular flexibility index (Phi) is 13.5. The zero-order valence-electron chi connectivity index (χ0n) is 13.4. The van der Waals surface area contributed by atoms with Crippen LogP contribution >= 0.6 is 0 Å². The van der Waals surface area contributed by atoms with Crippen molar-refractivity contribution in [1.29, 1.82) is 0 Å². The minimum atomic E-state index is -0.00487. The summed E-state index contributed by atoms with van der Waals surface area (Å²) in [5.41, 5.74) is 0. The van der Waals surface area contributed by atoms with E-state index in [1.165, 1.54) is 44.9 Å². The highest BCUT2D eigenvalue weighted by Gasteiger charge is 2.02. The van der Waals surface area contributed by atoms with Gasteiger partial charge in [0.05, 0.1) is 6.61 Å². The molecule has 19 heavy (non-hydrogen) atoms. The summed E-state index contributed by atoms with van der Waals surface area (Å²) in [6.45, 7) is 7.24. The van der Waals surface area contributed by atoms with Crippen LogP contribution in [-0.4, -0.2) is 12.6 Å². The van der Waals surface area contributed by atoms with Crippen molar-refractivity contribution in [2.45, 2.75) is 91.4 Å². The molecule has 0 spiro atoms. The number of carbonyl (C=O) groups excluding carboxylic acids is 1. The van der Waals surface area contributed by atoms with Crippen LogP contribution in [-0.2, 0) is 9.53 Å². The van der Waals surface area contributed by atoms with E-state index in [0.29, 0.717) is 18.9 Å². The van der Waals surface area contributed by atoms with E-state index in [1.54, 1.807) is 0 Å². The number of carbonyl (C=O) groups is 1. The summed E-state index contributed by atoms with van der Waals surface area (Å²) in [6, 6.07) is 0. The second kappa shape index (κ2) is 13.9. The molecule has 0 saturated carbocycles. The van der Waals surface area contributed by atoms with Crippen LogP contribution in [0.2, 0.25) is 0 Å². The molecular formula is C17H34O2. The van der Waals surface area contributed by atoms with Crippen molar-refractivity contribution in [1.82, 2.24) is 0 Å². The molecule has 0 radical (unpaired) electrons. The second-order valence-electron chi connectivity index (χ2n) is 5.98. The lowest BCUT2D eigenvalue weighted by molar-refractivity contribution is -0.143. The molecule has 0 rings (SSSR count). The van der Waals surface area contributed by atoms with Crippen LogP contribution in [0.3, 0.4) is 0 Å². The van der Waals surface area contributed by atoms with Crippen LogP contribution in [0, 0.1) is 5.92 Å². The summed E-state index contributed by atoms with van der Waals surface area (Å²) < 4.78 is 5.21. The van der Waals surface area contributed by atoms with E-state index in [2.05, 4.69) is 20.8 Å². The molecule has 0 fully saturated rings. The van der Waals surface area contributed by atoms with Crippen LogP contribution in [0.25, 0.3) is 0 Å². The van der Waals surface area contributed by atoms with E-state index in [0.717, 1.165) is 19.3 Å². The number of hydrogen-bond acceptors (Lipinski definition) is 2. The summed E-state index contributed by atoms with van der Waals surface area (Å²) in [7, 11) is 0. The highest BCUT2D eigenvalue weighted by molar-refractivity contribution is 5.69. The van der Waals surface area contributed by atoms with E-state index < -0.39 is 0 Å². The van der Waals surface area contributed by atoms with Gasteiger partial charge in [-0.3, -0.25) is 4.79 Å². The van der Waals surface area contributed by atoms with Gasteiger partial charge in [0.2, 0.25) is 0 Å². The fraction of sp³-hybridized carbons (Fsp3) is 0.941. The third-order valence-corrected chi connectivity index (χ3v) is 3.42. The van der Waals surface area contributed by atoms with Crippen LogP contribution in [0.4, 0.5) is 0 Å². The molecule has 0 N–H and O–H groups in total. The highest BCUT2D eigenvalue weighted by Crippen LogP contribution is 2.10. The summed E-state index contributed by atoms with van der Waals surface area (Å²) in [4.78, 5) is 11.4. The first kappa shape index (κ1) is 18.5. The molecule has 2 heteroatoms. The second-order valence-corrected chi connectivity index (χ2v) is 5.98.